The summed E-state index contributed by atoms with van der Waals surface area (Å²) in [6.45, 7) is 6.63. The summed E-state index contributed by atoms with van der Waals surface area (Å²) in [6, 6.07) is 0. The molecule has 0 aromatic carbocycles. The van der Waals surface area contributed by atoms with Gasteiger partial charge in [0.25, 0.3) is 0 Å². The molecule has 3 atom stereocenters. The summed E-state index contributed by atoms with van der Waals surface area (Å²) in [6.07, 6.45) is 31.5. The molecule has 0 fully saturated rings. The van der Waals surface area contributed by atoms with Gasteiger partial charge in [0.05, 0.1) is 6.10 Å². The van der Waals surface area contributed by atoms with E-state index >= 15 is 0 Å². The number of unbranched alkanes of at least 4 members (excludes halogenated alkanes) is 4. The molecule has 0 aromatic rings. The van der Waals surface area contributed by atoms with E-state index in [1.54, 1.807) is 0 Å². The molecule has 0 rings (SSSR count). The molecule has 0 amide bonds. The molecule has 25 heavy (non-hydrogen) atoms. The Morgan fingerprint density at radius 1 is 0.840 bits per heavy atom. The van der Waals surface area contributed by atoms with Crippen LogP contribution in [0.15, 0.2) is 60.8 Å². The number of rotatable bonds is 15. The van der Waals surface area contributed by atoms with Crippen LogP contribution < -0.4 is 0 Å². The first-order valence-electron chi connectivity index (χ1n) is 9.91. The van der Waals surface area contributed by atoms with Crippen LogP contribution in [0.2, 0.25) is 0 Å². The molecule has 1 nitrogen and oxygen atoms in total. The highest BCUT2D eigenvalue weighted by molar-refractivity contribution is 7.09. The van der Waals surface area contributed by atoms with Crippen molar-refractivity contribution in [2.45, 2.75) is 78.2 Å². The minimum absolute atomic E-state index is 0.135. The van der Waals surface area contributed by atoms with E-state index in [1.165, 1.54) is 32.1 Å². The third-order valence-electron chi connectivity index (χ3n) is 4.06. The normalized spacial score (nSPS) is 15.5. The average molecular weight is 363 g/mol. The molecule has 0 heterocycles. The van der Waals surface area contributed by atoms with Crippen LogP contribution in [-0.4, -0.2) is 6.10 Å². The van der Waals surface area contributed by atoms with E-state index in [4.69, 9.17) is 4.52 Å². The van der Waals surface area contributed by atoms with Gasteiger partial charge in [0, 0.05) is 9.47 Å². The second-order valence-corrected chi connectivity index (χ2v) is 6.72. The van der Waals surface area contributed by atoms with Crippen molar-refractivity contribution >= 4 is 9.47 Å². The first kappa shape index (κ1) is 24.1. The zero-order chi connectivity index (χ0) is 18.6. The summed E-state index contributed by atoms with van der Waals surface area (Å²) < 4.78 is 5.48. The van der Waals surface area contributed by atoms with Crippen LogP contribution in [0.3, 0.4) is 0 Å². The standard InChI is InChI=1S/C23H39OP/c1-4-6-8-9-10-11-12-13-14-15-16-17-19-21-23(24-25)22(3)20-18-7-5-2/h7,11-12,14-19,21-23H,4-6,8-10,13,20,25H2,1-3H3/b12-11?,15-14-,17-16+,18-7?,21-19?. The summed E-state index contributed by atoms with van der Waals surface area (Å²) in [5.74, 6) is 0.475. The van der Waals surface area contributed by atoms with Crippen LogP contribution in [0, 0.1) is 5.92 Å². The molecule has 142 valence electrons. The minimum atomic E-state index is 0.135. The summed E-state index contributed by atoms with van der Waals surface area (Å²) in [4.78, 5) is 0. The molecule has 0 N–H and O–H groups in total. The van der Waals surface area contributed by atoms with E-state index in [2.05, 4.69) is 91.0 Å². The molecule has 0 radical (unpaired) electrons. The van der Waals surface area contributed by atoms with Gasteiger partial charge >= 0.3 is 0 Å². The molecule has 3 unspecified atom stereocenters. The fraction of sp³-hybridized carbons (Fsp3) is 0.565. The summed E-state index contributed by atoms with van der Waals surface area (Å²) in [5.41, 5.74) is 0. The maximum atomic E-state index is 5.48. The van der Waals surface area contributed by atoms with Gasteiger partial charge in [-0.1, -0.05) is 101 Å². The molecule has 0 bridgehead atoms. The molecule has 0 aliphatic rings. The lowest BCUT2D eigenvalue weighted by atomic mass is 10.00. The molecule has 0 aliphatic carbocycles. The van der Waals surface area contributed by atoms with Crippen molar-refractivity contribution in [1.29, 1.82) is 0 Å². The third-order valence-corrected chi connectivity index (χ3v) is 4.38. The topological polar surface area (TPSA) is 9.23 Å². The average Bonchev–Trinajstić information content (AvgIpc) is 2.62. The highest BCUT2D eigenvalue weighted by Crippen LogP contribution is 2.16. The van der Waals surface area contributed by atoms with Gasteiger partial charge in [-0.25, -0.2) is 0 Å². The van der Waals surface area contributed by atoms with Crippen LogP contribution in [-0.2, 0) is 4.52 Å². The lowest BCUT2D eigenvalue weighted by Gasteiger charge is -2.17. The van der Waals surface area contributed by atoms with Crippen molar-refractivity contribution < 1.29 is 4.52 Å². The predicted molar refractivity (Wildman–Crippen MR) is 118 cm³/mol. The Bertz CT molecular complexity index is 418. The van der Waals surface area contributed by atoms with Crippen LogP contribution >= 0.6 is 9.47 Å². The van der Waals surface area contributed by atoms with Crippen LogP contribution in [0.5, 0.6) is 0 Å². The Morgan fingerprint density at radius 2 is 1.64 bits per heavy atom. The Labute approximate surface area is 159 Å². The largest absolute Gasteiger partial charge is 0.358 e. The van der Waals surface area contributed by atoms with Gasteiger partial charge in [-0.05, 0) is 38.0 Å². The second-order valence-electron chi connectivity index (χ2n) is 6.45. The summed E-state index contributed by atoms with van der Waals surface area (Å²) in [5, 5.41) is 0. The Morgan fingerprint density at radius 3 is 2.36 bits per heavy atom. The first-order chi connectivity index (χ1) is 12.3. The molecule has 0 aromatic heterocycles. The Kier molecular flexibility index (Phi) is 18.7. The van der Waals surface area contributed by atoms with Gasteiger partial charge < -0.3 is 4.52 Å². The third kappa shape index (κ3) is 16.3. The molecule has 2 heteroatoms. The van der Waals surface area contributed by atoms with Crippen LogP contribution in [0.4, 0.5) is 0 Å². The molecule has 0 spiro atoms. The van der Waals surface area contributed by atoms with Crippen molar-refractivity contribution in [2.75, 3.05) is 0 Å². The molecule has 0 aliphatic heterocycles. The Hall–Kier alpha value is -0.910. The van der Waals surface area contributed by atoms with Gasteiger partial charge in [0.15, 0.2) is 0 Å². The summed E-state index contributed by atoms with van der Waals surface area (Å²) in [7, 11) is 2.39. The van der Waals surface area contributed by atoms with Crippen LogP contribution in [0.25, 0.3) is 0 Å². The van der Waals surface area contributed by atoms with Crippen molar-refractivity contribution in [3.05, 3.63) is 60.8 Å². The smallest absolute Gasteiger partial charge is 0.0823 e. The molecule has 0 saturated heterocycles. The van der Waals surface area contributed by atoms with E-state index in [-0.39, 0.29) is 6.10 Å². The van der Waals surface area contributed by atoms with Gasteiger partial charge in [-0.3, -0.25) is 0 Å². The molecular weight excluding hydrogens is 323 g/mol. The Balaban J connectivity index is 3.94. The van der Waals surface area contributed by atoms with E-state index in [1.807, 2.05) is 0 Å². The molecule has 0 saturated carbocycles. The predicted octanol–water partition coefficient (Wildman–Crippen LogP) is 7.74. The van der Waals surface area contributed by atoms with Crippen molar-refractivity contribution in [3.63, 3.8) is 0 Å². The number of allylic oxidation sites excluding steroid dienone is 9. The van der Waals surface area contributed by atoms with Gasteiger partial charge in [0.2, 0.25) is 0 Å². The minimum Gasteiger partial charge on any atom is -0.358 e. The van der Waals surface area contributed by atoms with Gasteiger partial charge in [-0.15, -0.1) is 0 Å². The van der Waals surface area contributed by atoms with Crippen molar-refractivity contribution in [2.24, 2.45) is 5.92 Å². The van der Waals surface area contributed by atoms with E-state index in [0.29, 0.717) is 5.92 Å². The zero-order valence-electron chi connectivity index (χ0n) is 16.6. The SMILES string of the molecule is CCC=CCC(C)C(C=C/C=C/C=C\CC=CCCCCCC)OP. The van der Waals surface area contributed by atoms with E-state index in [0.717, 1.165) is 19.3 Å². The van der Waals surface area contributed by atoms with Gasteiger partial charge in [0.1, 0.15) is 0 Å². The molecular formula is C23H39OP. The fourth-order valence-electron chi connectivity index (χ4n) is 2.42. The number of hydrogen-bond donors (Lipinski definition) is 0. The van der Waals surface area contributed by atoms with Crippen molar-refractivity contribution in [3.8, 4) is 0 Å². The van der Waals surface area contributed by atoms with Crippen molar-refractivity contribution in [1.82, 2.24) is 0 Å². The lowest BCUT2D eigenvalue weighted by Crippen LogP contribution is -2.14. The first-order valence-corrected chi connectivity index (χ1v) is 10.4. The zero-order valence-corrected chi connectivity index (χ0v) is 17.7. The maximum Gasteiger partial charge on any atom is 0.0823 e. The second kappa shape index (κ2) is 19.4. The highest BCUT2D eigenvalue weighted by Gasteiger charge is 2.11. The van der Waals surface area contributed by atoms with Gasteiger partial charge in [-0.2, -0.15) is 0 Å². The maximum absolute atomic E-state index is 5.48. The fourth-order valence-corrected chi connectivity index (χ4v) is 2.78. The highest BCUT2D eigenvalue weighted by atomic mass is 31.0. The van der Waals surface area contributed by atoms with Crippen LogP contribution in [0.1, 0.15) is 72.1 Å². The lowest BCUT2D eigenvalue weighted by molar-refractivity contribution is 0.222. The summed E-state index contributed by atoms with van der Waals surface area (Å²) >= 11 is 0. The monoisotopic (exact) mass is 362 g/mol. The van der Waals surface area contributed by atoms with E-state index < -0.39 is 0 Å². The number of hydrogen-bond acceptors (Lipinski definition) is 1. The van der Waals surface area contributed by atoms with E-state index in [9.17, 15) is 0 Å². The quantitative estimate of drug-likeness (QED) is 0.125.